The number of hydrogen-bond acceptors (Lipinski definition) is 5. The Labute approximate surface area is 93.3 Å². The fourth-order valence-corrected chi connectivity index (χ4v) is 1.67. The molecule has 16 heavy (non-hydrogen) atoms. The summed E-state index contributed by atoms with van der Waals surface area (Å²) in [6.45, 7) is 2.02. The van der Waals surface area contributed by atoms with E-state index >= 15 is 0 Å². The molecule has 6 heteroatoms. The van der Waals surface area contributed by atoms with Gasteiger partial charge in [-0.1, -0.05) is 0 Å². The lowest BCUT2D eigenvalue weighted by molar-refractivity contribution is -0.160. The smallest absolute Gasteiger partial charge is 0.314 e. The summed E-state index contributed by atoms with van der Waals surface area (Å²) in [6, 6.07) is 0. The number of esters is 2. The minimum absolute atomic E-state index is 0.0269. The normalized spacial score (nSPS) is 23.8. The van der Waals surface area contributed by atoms with E-state index in [4.69, 9.17) is 4.74 Å². The molecular formula is C10H15NO5. The first-order valence-corrected chi connectivity index (χ1v) is 5.05. The topological polar surface area (TPSA) is 81.7 Å². The van der Waals surface area contributed by atoms with Crippen molar-refractivity contribution < 1.29 is 23.9 Å². The zero-order valence-electron chi connectivity index (χ0n) is 9.37. The standard InChI is InChI=1S/C10H15NO5/c1-3-16-9(14)10(5-8(13)15-2)4-7(12)11-6-10/h3-6H2,1-2H3,(H,11,12). The Kier molecular flexibility index (Phi) is 3.87. The zero-order chi connectivity index (χ0) is 12.2. The van der Waals surface area contributed by atoms with Crippen molar-refractivity contribution in [2.75, 3.05) is 20.3 Å². The van der Waals surface area contributed by atoms with Gasteiger partial charge in [-0.05, 0) is 6.92 Å². The van der Waals surface area contributed by atoms with Crippen LogP contribution in [-0.4, -0.2) is 38.1 Å². The van der Waals surface area contributed by atoms with Crippen LogP contribution in [0.5, 0.6) is 0 Å². The number of ether oxygens (including phenoxy) is 2. The van der Waals surface area contributed by atoms with E-state index in [1.165, 1.54) is 7.11 Å². The van der Waals surface area contributed by atoms with Gasteiger partial charge in [-0.3, -0.25) is 14.4 Å². The maximum absolute atomic E-state index is 11.7. The van der Waals surface area contributed by atoms with Crippen molar-refractivity contribution in [1.82, 2.24) is 5.32 Å². The molecule has 1 amide bonds. The highest BCUT2D eigenvalue weighted by molar-refractivity contribution is 5.92. The molecule has 0 spiro atoms. The number of methoxy groups -OCH3 is 1. The van der Waals surface area contributed by atoms with Crippen molar-refractivity contribution in [3.8, 4) is 0 Å². The van der Waals surface area contributed by atoms with Gasteiger partial charge in [-0.2, -0.15) is 0 Å². The second-order valence-corrected chi connectivity index (χ2v) is 3.71. The van der Waals surface area contributed by atoms with Gasteiger partial charge in [0.05, 0.1) is 20.1 Å². The molecule has 0 bridgehead atoms. The Morgan fingerprint density at radius 3 is 2.62 bits per heavy atom. The highest BCUT2D eigenvalue weighted by Gasteiger charge is 2.48. The van der Waals surface area contributed by atoms with Gasteiger partial charge < -0.3 is 14.8 Å². The number of amides is 1. The summed E-state index contributed by atoms with van der Waals surface area (Å²) in [7, 11) is 1.24. The number of nitrogens with one attached hydrogen (secondary N) is 1. The quantitative estimate of drug-likeness (QED) is 0.664. The fourth-order valence-electron chi connectivity index (χ4n) is 1.67. The van der Waals surface area contributed by atoms with E-state index in [9.17, 15) is 14.4 Å². The zero-order valence-corrected chi connectivity index (χ0v) is 9.37. The van der Waals surface area contributed by atoms with Crippen LogP contribution in [0.15, 0.2) is 0 Å². The van der Waals surface area contributed by atoms with Crippen LogP contribution in [0.3, 0.4) is 0 Å². The molecule has 0 aromatic rings. The van der Waals surface area contributed by atoms with Crippen molar-refractivity contribution >= 4 is 17.8 Å². The molecule has 1 fully saturated rings. The van der Waals surface area contributed by atoms with E-state index in [1.54, 1.807) is 6.92 Å². The number of rotatable bonds is 4. The summed E-state index contributed by atoms with van der Waals surface area (Å²) < 4.78 is 9.40. The molecule has 90 valence electrons. The lowest BCUT2D eigenvalue weighted by Gasteiger charge is -2.22. The van der Waals surface area contributed by atoms with E-state index in [0.29, 0.717) is 0 Å². The predicted molar refractivity (Wildman–Crippen MR) is 53.3 cm³/mol. The summed E-state index contributed by atoms with van der Waals surface area (Å²) >= 11 is 0. The largest absolute Gasteiger partial charge is 0.469 e. The maximum atomic E-state index is 11.7. The van der Waals surface area contributed by atoms with Crippen LogP contribution in [0, 0.1) is 5.41 Å². The van der Waals surface area contributed by atoms with Crippen LogP contribution in [0.25, 0.3) is 0 Å². The molecule has 0 aliphatic carbocycles. The molecule has 1 N–H and O–H groups in total. The summed E-state index contributed by atoms with van der Waals surface area (Å²) in [5.74, 6) is -1.31. The second kappa shape index (κ2) is 4.96. The molecule has 1 atom stereocenters. The van der Waals surface area contributed by atoms with E-state index in [-0.39, 0.29) is 31.9 Å². The third-order valence-electron chi connectivity index (χ3n) is 2.54. The van der Waals surface area contributed by atoms with Crippen LogP contribution in [0.1, 0.15) is 19.8 Å². The summed E-state index contributed by atoms with van der Waals surface area (Å²) in [5.41, 5.74) is -1.10. The Hall–Kier alpha value is -1.59. The molecule has 0 aromatic heterocycles. The van der Waals surface area contributed by atoms with Crippen LogP contribution in [-0.2, 0) is 23.9 Å². The molecule has 1 aliphatic rings. The maximum Gasteiger partial charge on any atom is 0.314 e. The van der Waals surface area contributed by atoms with E-state index in [1.807, 2.05) is 0 Å². The fraction of sp³-hybridized carbons (Fsp3) is 0.700. The van der Waals surface area contributed by atoms with Crippen molar-refractivity contribution in [3.05, 3.63) is 0 Å². The van der Waals surface area contributed by atoms with Gasteiger partial charge in [0.25, 0.3) is 0 Å². The molecule has 0 aromatic carbocycles. The Morgan fingerprint density at radius 2 is 2.19 bits per heavy atom. The Balaban J connectivity index is 2.81. The van der Waals surface area contributed by atoms with Gasteiger partial charge in [0, 0.05) is 13.0 Å². The second-order valence-electron chi connectivity index (χ2n) is 3.71. The lowest BCUT2D eigenvalue weighted by atomic mass is 9.83. The molecule has 1 heterocycles. The number of hydrogen-bond donors (Lipinski definition) is 1. The van der Waals surface area contributed by atoms with Gasteiger partial charge in [0.2, 0.25) is 5.91 Å². The van der Waals surface area contributed by atoms with Gasteiger partial charge in [-0.15, -0.1) is 0 Å². The molecule has 1 unspecified atom stereocenters. The molecule has 1 aliphatic heterocycles. The van der Waals surface area contributed by atoms with E-state index in [2.05, 4.69) is 10.1 Å². The van der Waals surface area contributed by atoms with Crippen molar-refractivity contribution in [1.29, 1.82) is 0 Å². The summed E-state index contributed by atoms with van der Waals surface area (Å²) in [6.07, 6.45) is -0.165. The molecule has 1 rings (SSSR count). The highest BCUT2D eigenvalue weighted by Crippen LogP contribution is 2.32. The van der Waals surface area contributed by atoms with Gasteiger partial charge in [0.1, 0.15) is 5.41 Å². The van der Waals surface area contributed by atoms with Gasteiger partial charge in [-0.25, -0.2) is 0 Å². The van der Waals surface area contributed by atoms with Crippen LogP contribution in [0.4, 0.5) is 0 Å². The number of carbonyl (C=O) groups excluding carboxylic acids is 3. The molecule has 1 saturated heterocycles. The molecular weight excluding hydrogens is 214 g/mol. The van der Waals surface area contributed by atoms with E-state index in [0.717, 1.165) is 0 Å². The minimum Gasteiger partial charge on any atom is -0.469 e. The average Bonchev–Trinajstić information content (AvgIpc) is 2.61. The van der Waals surface area contributed by atoms with E-state index < -0.39 is 17.4 Å². The first-order chi connectivity index (χ1) is 7.54. The SMILES string of the molecule is CCOC(=O)C1(CC(=O)OC)CNC(=O)C1. The first kappa shape index (κ1) is 12.5. The molecule has 0 radical (unpaired) electrons. The van der Waals surface area contributed by atoms with Gasteiger partial charge in [0.15, 0.2) is 0 Å². The summed E-state index contributed by atoms with van der Waals surface area (Å²) in [4.78, 5) is 34.1. The van der Waals surface area contributed by atoms with Crippen molar-refractivity contribution in [2.45, 2.75) is 19.8 Å². The molecule has 6 nitrogen and oxygen atoms in total. The Bertz CT molecular complexity index is 314. The number of carbonyl (C=O) groups is 3. The summed E-state index contributed by atoms with van der Waals surface area (Å²) in [5, 5.41) is 2.53. The van der Waals surface area contributed by atoms with Crippen molar-refractivity contribution in [2.24, 2.45) is 5.41 Å². The monoisotopic (exact) mass is 229 g/mol. The predicted octanol–water partition coefficient (Wildman–Crippen LogP) is -0.381. The third kappa shape index (κ3) is 2.50. The van der Waals surface area contributed by atoms with Crippen LogP contribution >= 0.6 is 0 Å². The van der Waals surface area contributed by atoms with Crippen LogP contribution < -0.4 is 5.32 Å². The average molecular weight is 229 g/mol. The Morgan fingerprint density at radius 1 is 1.50 bits per heavy atom. The highest BCUT2D eigenvalue weighted by atomic mass is 16.5. The van der Waals surface area contributed by atoms with Gasteiger partial charge >= 0.3 is 11.9 Å². The first-order valence-electron chi connectivity index (χ1n) is 5.05. The minimum atomic E-state index is -1.10. The van der Waals surface area contributed by atoms with Crippen molar-refractivity contribution in [3.63, 3.8) is 0 Å². The van der Waals surface area contributed by atoms with Crippen LogP contribution in [0.2, 0.25) is 0 Å². The third-order valence-corrected chi connectivity index (χ3v) is 2.54. The lowest BCUT2D eigenvalue weighted by Crippen LogP contribution is -2.37. The molecule has 0 saturated carbocycles.